The van der Waals surface area contributed by atoms with Crippen molar-refractivity contribution in [2.45, 2.75) is 10.9 Å². The summed E-state index contributed by atoms with van der Waals surface area (Å²) in [6.45, 7) is 3.63. The minimum atomic E-state index is -0.292. The molecule has 0 spiro atoms. The summed E-state index contributed by atoms with van der Waals surface area (Å²) in [5, 5.41) is 3.01. The molecule has 1 atom stereocenters. The van der Waals surface area contributed by atoms with E-state index < -0.39 is 0 Å². The molecule has 8 heteroatoms. The molecule has 1 aliphatic heterocycles. The van der Waals surface area contributed by atoms with E-state index in [1.807, 2.05) is 12.1 Å². The molecule has 0 aliphatic carbocycles. The maximum atomic E-state index is 13.2. The van der Waals surface area contributed by atoms with E-state index >= 15 is 0 Å². The number of rotatable bonds is 8. The van der Waals surface area contributed by atoms with Gasteiger partial charge in [-0.05, 0) is 60.7 Å². The first kappa shape index (κ1) is 22.4. The molecule has 1 saturated heterocycles. The first-order chi connectivity index (χ1) is 15.6. The van der Waals surface area contributed by atoms with Crippen molar-refractivity contribution in [3.63, 3.8) is 0 Å². The zero-order chi connectivity index (χ0) is 22.3. The Morgan fingerprint density at radius 3 is 2.25 bits per heavy atom. The summed E-state index contributed by atoms with van der Waals surface area (Å²) in [6.07, 6.45) is 1.64. The van der Waals surface area contributed by atoms with E-state index in [-0.39, 0.29) is 29.3 Å². The van der Waals surface area contributed by atoms with Gasteiger partial charge in [-0.25, -0.2) is 8.78 Å². The van der Waals surface area contributed by atoms with Crippen LogP contribution in [-0.4, -0.2) is 49.3 Å². The van der Waals surface area contributed by atoms with Crippen molar-refractivity contribution in [1.29, 1.82) is 0 Å². The number of thioether (sulfide) groups is 1. The molecule has 2 heterocycles. The minimum absolute atomic E-state index is 0.0693. The van der Waals surface area contributed by atoms with E-state index in [4.69, 9.17) is 4.42 Å². The van der Waals surface area contributed by atoms with Crippen LogP contribution in [0.2, 0.25) is 0 Å². The molecular formula is C24H25F2N3O2S. The number of carbonyl (C=O) groups is 1. The van der Waals surface area contributed by atoms with E-state index in [0.29, 0.717) is 6.54 Å². The summed E-state index contributed by atoms with van der Waals surface area (Å²) in [4.78, 5) is 17.8. The van der Waals surface area contributed by atoms with Gasteiger partial charge in [-0.1, -0.05) is 0 Å². The Kier molecular flexibility index (Phi) is 7.44. The molecule has 3 aromatic rings. The zero-order valence-corrected chi connectivity index (χ0v) is 18.4. The Labute approximate surface area is 190 Å². The van der Waals surface area contributed by atoms with E-state index in [9.17, 15) is 13.6 Å². The van der Waals surface area contributed by atoms with Crippen molar-refractivity contribution in [3.05, 3.63) is 84.3 Å². The highest BCUT2D eigenvalue weighted by atomic mass is 32.2. The molecule has 1 fully saturated rings. The average molecular weight is 458 g/mol. The second kappa shape index (κ2) is 10.7. The van der Waals surface area contributed by atoms with Gasteiger partial charge in [-0.3, -0.25) is 9.69 Å². The highest BCUT2D eigenvalue weighted by Crippen LogP contribution is 2.25. The Morgan fingerprint density at radius 2 is 1.62 bits per heavy atom. The van der Waals surface area contributed by atoms with Crippen LogP contribution in [0.5, 0.6) is 0 Å². The Balaban J connectivity index is 1.31. The molecule has 32 heavy (non-hydrogen) atoms. The molecule has 168 valence electrons. The SMILES string of the molecule is O=C(CSc1ccc(F)cc1)NCC(c1ccco1)N1CCN(c2ccc(F)cc2)CC1. The lowest BCUT2D eigenvalue weighted by Gasteiger charge is -2.39. The number of piperazine rings is 1. The van der Waals surface area contributed by atoms with Crippen molar-refractivity contribution in [3.8, 4) is 0 Å². The third-order valence-corrected chi connectivity index (χ3v) is 6.51. The van der Waals surface area contributed by atoms with E-state index in [2.05, 4.69) is 15.1 Å². The molecule has 4 rings (SSSR count). The van der Waals surface area contributed by atoms with Crippen molar-refractivity contribution in [2.24, 2.45) is 0 Å². The number of hydrogen-bond donors (Lipinski definition) is 1. The summed E-state index contributed by atoms with van der Waals surface area (Å²) < 4.78 is 31.9. The highest BCUT2D eigenvalue weighted by molar-refractivity contribution is 8.00. The van der Waals surface area contributed by atoms with Crippen molar-refractivity contribution in [1.82, 2.24) is 10.2 Å². The zero-order valence-electron chi connectivity index (χ0n) is 17.5. The normalized spacial score (nSPS) is 15.5. The molecule has 1 N–H and O–H groups in total. The van der Waals surface area contributed by atoms with Crippen molar-refractivity contribution >= 4 is 23.4 Å². The first-order valence-corrected chi connectivity index (χ1v) is 11.5. The fourth-order valence-electron chi connectivity index (χ4n) is 3.78. The van der Waals surface area contributed by atoms with Crippen LogP contribution in [0.3, 0.4) is 0 Å². The molecule has 0 saturated carbocycles. The fourth-order valence-corrected chi connectivity index (χ4v) is 4.50. The lowest BCUT2D eigenvalue weighted by Crippen LogP contribution is -2.50. The molecule has 1 unspecified atom stereocenters. The van der Waals surface area contributed by atoms with Crippen molar-refractivity contribution in [2.75, 3.05) is 43.4 Å². The summed E-state index contributed by atoms with van der Waals surface area (Å²) in [7, 11) is 0. The summed E-state index contributed by atoms with van der Waals surface area (Å²) >= 11 is 1.37. The van der Waals surface area contributed by atoms with Crippen LogP contribution in [0.4, 0.5) is 14.5 Å². The summed E-state index contributed by atoms with van der Waals surface area (Å²) in [6, 6.07) is 16.4. The number of anilines is 1. The number of benzene rings is 2. The molecule has 2 aromatic carbocycles. The van der Waals surface area contributed by atoms with Gasteiger partial charge in [0.15, 0.2) is 0 Å². The van der Waals surface area contributed by atoms with Gasteiger partial charge in [0.25, 0.3) is 0 Å². The van der Waals surface area contributed by atoms with Crippen LogP contribution in [-0.2, 0) is 4.79 Å². The van der Waals surface area contributed by atoms with Gasteiger partial charge in [-0.15, -0.1) is 11.8 Å². The number of carbonyl (C=O) groups excluding carboxylic acids is 1. The molecule has 1 aliphatic rings. The van der Waals surface area contributed by atoms with Gasteiger partial charge in [0.05, 0.1) is 18.1 Å². The Morgan fingerprint density at radius 1 is 0.969 bits per heavy atom. The third kappa shape index (κ3) is 5.89. The van der Waals surface area contributed by atoms with Crippen LogP contribution in [0.1, 0.15) is 11.8 Å². The summed E-state index contributed by atoms with van der Waals surface area (Å²) in [5.41, 5.74) is 1.01. The smallest absolute Gasteiger partial charge is 0.230 e. The third-order valence-electron chi connectivity index (χ3n) is 5.49. The largest absolute Gasteiger partial charge is 0.468 e. The van der Waals surface area contributed by atoms with Gasteiger partial charge in [0.1, 0.15) is 17.4 Å². The number of furan rings is 1. The molecule has 1 amide bonds. The van der Waals surface area contributed by atoms with E-state index in [0.717, 1.165) is 42.5 Å². The second-order valence-corrected chi connectivity index (χ2v) is 8.63. The predicted molar refractivity (Wildman–Crippen MR) is 122 cm³/mol. The van der Waals surface area contributed by atoms with Crippen molar-refractivity contribution < 1.29 is 18.0 Å². The molecule has 0 radical (unpaired) electrons. The highest BCUT2D eigenvalue weighted by Gasteiger charge is 2.27. The molecule has 1 aromatic heterocycles. The number of nitrogens with zero attached hydrogens (tertiary/aromatic N) is 2. The Bertz CT molecular complexity index is 989. The monoisotopic (exact) mass is 457 g/mol. The van der Waals surface area contributed by atoms with Crippen LogP contribution >= 0.6 is 11.8 Å². The van der Waals surface area contributed by atoms with Gasteiger partial charge in [0, 0.05) is 43.3 Å². The van der Waals surface area contributed by atoms with Gasteiger partial charge in [0.2, 0.25) is 5.91 Å². The van der Waals surface area contributed by atoms with Gasteiger partial charge >= 0.3 is 0 Å². The fraction of sp³-hybridized carbons (Fsp3) is 0.292. The second-order valence-electron chi connectivity index (χ2n) is 7.58. The van der Waals surface area contributed by atoms with Gasteiger partial charge < -0.3 is 14.6 Å². The minimum Gasteiger partial charge on any atom is -0.468 e. The maximum Gasteiger partial charge on any atom is 0.230 e. The maximum absolute atomic E-state index is 13.2. The van der Waals surface area contributed by atoms with Gasteiger partial charge in [-0.2, -0.15) is 0 Å². The number of amides is 1. The Hall–Kier alpha value is -2.84. The molecular weight excluding hydrogens is 432 g/mol. The summed E-state index contributed by atoms with van der Waals surface area (Å²) in [5.74, 6) is 0.459. The molecule has 5 nitrogen and oxygen atoms in total. The number of nitrogens with one attached hydrogen (secondary N) is 1. The first-order valence-electron chi connectivity index (χ1n) is 10.5. The molecule has 0 bridgehead atoms. The van der Waals surface area contributed by atoms with Crippen LogP contribution < -0.4 is 10.2 Å². The standard InChI is InChI=1S/C24H25F2N3O2S/c25-18-3-7-20(8-4-18)28-11-13-29(14-12-28)22(23-2-1-15-31-23)16-27-24(30)17-32-21-9-5-19(26)6-10-21/h1-10,15,22H,11-14,16-17H2,(H,27,30). The number of hydrogen-bond acceptors (Lipinski definition) is 5. The van der Waals surface area contributed by atoms with E-state index in [1.165, 1.54) is 36.0 Å². The lowest BCUT2D eigenvalue weighted by molar-refractivity contribution is -0.118. The lowest BCUT2D eigenvalue weighted by atomic mass is 10.1. The van der Waals surface area contributed by atoms with E-state index in [1.54, 1.807) is 30.5 Å². The van der Waals surface area contributed by atoms with Crippen LogP contribution in [0.15, 0.2) is 76.2 Å². The topological polar surface area (TPSA) is 48.7 Å². The quantitative estimate of drug-likeness (QED) is 0.511. The number of halogens is 2. The predicted octanol–water partition coefficient (Wildman–Crippen LogP) is 4.33. The van der Waals surface area contributed by atoms with Crippen LogP contribution in [0, 0.1) is 11.6 Å². The average Bonchev–Trinajstić information content (AvgIpc) is 3.34. The van der Waals surface area contributed by atoms with Crippen LogP contribution in [0.25, 0.3) is 0 Å².